The Hall–Kier alpha value is -2.37. The van der Waals surface area contributed by atoms with E-state index >= 15 is 0 Å². The van der Waals surface area contributed by atoms with Crippen molar-refractivity contribution in [3.05, 3.63) is 53.6 Å². The standard InChI is InChI=1S/C15H12F3N3/c1-2-10-7-8-13(11(9-10)15(16,17)18)21-14-6-4-3-5-12(14)19-20-21/h3-9H,2H2,1H3. The second kappa shape index (κ2) is 4.87. The van der Waals surface area contributed by atoms with Crippen LogP contribution in [0.3, 0.4) is 0 Å². The lowest BCUT2D eigenvalue weighted by atomic mass is 10.1. The smallest absolute Gasteiger partial charge is 0.212 e. The molecule has 0 radical (unpaired) electrons. The van der Waals surface area contributed by atoms with Crippen LogP contribution in [0, 0.1) is 0 Å². The fourth-order valence-electron chi connectivity index (χ4n) is 2.26. The van der Waals surface area contributed by atoms with Gasteiger partial charge in [-0.1, -0.05) is 30.3 Å². The Labute approximate surface area is 119 Å². The molecule has 2 aromatic carbocycles. The molecule has 21 heavy (non-hydrogen) atoms. The number of fused-ring (bicyclic) bond motifs is 1. The average molecular weight is 291 g/mol. The zero-order valence-electron chi connectivity index (χ0n) is 11.2. The van der Waals surface area contributed by atoms with E-state index in [9.17, 15) is 13.2 Å². The van der Waals surface area contributed by atoms with Crippen molar-refractivity contribution in [3.8, 4) is 5.69 Å². The third-order valence-electron chi connectivity index (χ3n) is 3.35. The number of aromatic nitrogens is 3. The van der Waals surface area contributed by atoms with Gasteiger partial charge in [0.15, 0.2) is 0 Å². The molecule has 0 amide bonds. The van der Waals surface area contributed by atoms with Gasteiger partial charge in [-0.25, -0.2) is 4.68 Å². The van der Waals surface area contributed by atoms with Gasteiger partial charge in [0.25, 0.3) is 0 Å². The number of nitrogens with zero attached hydrogens (tertiary/aromatic N) is 3. The predicted octanol–water partition coefficient (Wildman–Crippen LogP) is 4.00. The van der Waals surface area contributed by atoms with Crippen LogP contribution in [-0.4, -0.2) is 15.0 Å². The predicted molar refractivity (Wildman–Crippen MR) is 73.2 cm³/mol. The zero-order valence-corrected chi connectivity index (χ0v) is 11.2. The highest BCUT2D eigenvalue weighted by Gasteiger charge is 2.34. The van der Waals surface area contributed by atoms with Crippen LogP contribution in [-0.2, 0) is 12.6 Å². The van der Waals surface area contributed by atoms with Crippen LogP contribution in [0.4, 0.5) is 13.2 Å². The summed E-state index contributed by atoms with van der Waals surface area (Å²) in [5.41, 5.74) is 1.04. The quantitative estimate of drug-likeness (QED) is 0.714. The van der Waals surface area contributed by atoms with E-state index in [2.05, 4.69) is 10.3 Å². The van der Waals surface area contributed by atoms with E-state index in [1.54, 1.807) is 30.3 Å². The number of rotatable bonds is 2. The van der Waals surface area contributed by atoms with Crippen molar-refractivity contribution < 1.29 is 13.2 Å². The van der Waals surface area contributed by atoms with E-state index in [1.807, 2.05) is 6.92 Å². The number of alkyl halides is 3. The van der Waals surface area contributed by atoms with Crippen molar-refractivity contribution in [2.75, 3.05) is 0 Å². The largest absolute Gasteiger partial charge is 0.418 e. The Morgan fingerprint density at radius 1 is 1.10 bits per heavy atom. The van der Waals surface area contributed by atoms with Crippen molar-refractivity contribution in [1.82, 2.24) is 15.0 Å². The van der Waals surface area contributed by atoms with E-state index in [0.717, 1.165) is 0 Å². The van der Waals surface area contributed by atoms with E-state index < -0.39 is 11.7 Å². The Morgan fingerprint density at radius 3 is 2.57 bits per heavy atom. The second-order valence-corrected chi connectivity index (χ2v) is 4.69. The first-order valence-electron chi connectivity index (χ1n) is 6.51. The molecule has 0 fully saturated rings. The number of hydrogen-bond donors (Lipinski definition) is 0. The molecule has 0 saturated carbocycles. The summed E-state index contributed by atoms with van der Waals surface area (Å²) in [7, 11) is 0. The Kier molecular flexibility index (Phi) is 3.16. The van der Waals surface area contributed by atoms with Crippen molar-refractivity contribution >= 4 is 11.0 Å². The Balaban J connectivity index is 2.27. The van der Waals surface area contributed by atoms with E-state index in [1.165, 1.54) is 16.8 Å². The first-order chi connectivity index (χ1) is 10.0. The molecule has 3 rings (SSSR count). The van der Waals surface area contributed by atoms with Gasteiger partial charge in [0.1, 0.15) is 5.52 Å². The average Bonchev–Trinajstić information content (AvgIpc) is 2.89. The summed E-state index contributed by atoms with van der Waals surface area (Å²) in [5.74, 6) is 0. The molecule has 0 spiro atoms. The third-order valence-corrected chi connectivity index (χ3v) is 3.35. The second-order valence-electron chi connectivity index (χ2n) is 4.69. The lowest BCUT2D eigenvalue weighted by Gasteiger charge is -2.14. The van der Waals surface area contributed by atoms with Crippen molar-refractivity contribution in [3.63, 3.8) is 0 Å². The molecule has 108 valence electrons. The van der Waals surface area contributed by atoms with Gasteiger partial charge in [-0.15, -0.1) is 5.10 Å². The maximum Gasteiger partial charge on any atom is 0.418 e. The molecule has 0 unspecified atom stereocenters. The topological polar surface area (TPSA) is 30.7 Å². The maximum absolute atomic E-state index is 13.3. The molecule has 1 heterocycles. The summed E-state index contributed by atoms with van der Waals surface area (Å²) >= 11 is 0. The highest BCUT2D eigenvalue weighted by molar-refractivity contribution is 5.76. The summed E-state index contributed by atoms with van der Waals surface area (Å²) in [5, 5.41) is 7.77. The minimum absolute atomic E-state index is 0.00611. The lowest BCUT2D eigenvalue weighted by Crippen LogP contribution is -2.12. The van der Waals surface area contributed by atoms with Gasteiger partial charge in [-0.05, 0) is 36.2 Å². The van der Waals surface area contributed by atoms with E-state index in [-0.39, 0.29) is 5.69 Å². The van der Waals surface area contributed by atoms with E-state index in [4.69, 9.17) is 0 Å². The van der Waals surface area contributed by atoms with Crippen molar-refractivity contribution in [1.29, 1.82) is 0 Å². The Bertz CT molecular complexity index is 790. The summed E-state index contributed by atoms with van der Waals surface area (Å²) in [4.78, 5) is 0. The van der Waals surface area contributed by atoms with Gasteiger partial charge in [-0.3, -0.25) is 0 Å². The van der Waals surface area contributed by atoms with Crippen LogP contribution >= 0.6 is 0 Å². The summed E-state index contributed by atoms with van der Waals surface area (Å²) in [6.07, 6.45) is -3.89. The molecule has 6 heteroatoms. The monoisotopic (exact) mass is 291 g/mol. The van der Waals surface area contributed by atoms with Crippen molar-refractivity contribution in [2.45, 2.75) is 19.5 Å². The fraction of sp³-hybridized carbons (Fsp3) is 0.200. The zero-order chi connectivity index (χ0) is 15.0. The highest BCUT2D eigenvalue weighted by atomic mass is 19.4. The molecule has 0 bridgehead atoms. The third kappa shape index (κ3) is 2.37. The number of hydrogen-bond acceptors (Lipinski definition) is 2. The molecular weight excluding hydrogens is 279 g/mol. The molecule has 3 nitrogen and oxygen atoms in total. The molecule has 0 aliphatic carbocycles. The number of para-hydroxylation sites is 1. The minimum Gasteiger partial charge on any atom is -0.212 e. The van der Waals surface area contributed by atoms with Crippen LogP contribution < -0.4 is 0 Å². The van der Waals surface area contributed by atoms with Gasteiger partial charge >= 0.3 is 6.18 Å². The molecule has 0 aliphatic rings. The SMILES string of the molecule is CCc1ccc(-n2nnc3ccccc32)c(C(F)(F)F)c1. The van der Waals surface area contributed by atoms with Crippen LogP contribution in [0.1, 0.15) is 18.1 Å². The van der Waals surface area contributed by atoms with Crippen LogP contribution in [0.5, 0.6) is 0 Å². The molecule has 0 N–H and O–H groups in total. The molecule has 3 aromatic rings. The van der Waals surface area contributed by atoms with Crippen LogP contribution in [0.2, 0.25) is 0 Å². The normalized spacial score (nSPS) is 12.0. The lowest BCUT2D eigenvalue weighted by molar-refractivity contribution is -0.137. The first kappa shape index (κ1) is 13.6. The Morgan fingerprint density at radius 2 is 1.86 bits per heavy atom. The summed E-state index contributed by atoms with van der Waals surface area (Å²) < 4.78 is 41.1. The highest BCUT2D eigenvalue weighted by Crippen LogP contribution is 2.35. The molecule has 0 saturated heterocycles. The number of aryl methyl sites for hydroxylation is 1. The fourth-order valence-corrected chi connectivity index (χ4v) is 2.26. The van der Waals surface area contributed by atoms with Gasteiger partial charge < -0.3 is 0 Å². The summed E-state index contributed by atoms with van der Waals surface area (Å²) in [6, 6.07) is 11.2. The minimum atomic E-state index is -4.44. The van der Waals surface area contributed by atoms with Crippen LogP contribution in [0.25, 0.3) is 16.7 Å². The van der Waals surface area contributed by atoms with Crippen molar-refractivity contribution in [2.24, 2.45) is 0 Å². The van der Waals surface area contributed by atoms with Gasteiger partial charge in [0.05, 0.1) is 16.8 Å². The maximum atomic E-state index is 13.3. The first-order valence-corrected chi connectivity index (χ1v) is 6.51. The van der Waals surface area contributed by atoms with Gasteiger partial charge in [0.2, 0.25) is 0 Å². The van der Waals surface area contributed by atoms with Gasteiger partial charge in [0, 0.05) is 0 Å². The van der Waals surface area contributed by atoms with E-state index in [0.29, 0.717) is 23.0 Å². The molecular formula is C15H12F3N3. The molecule has 1 aromatic heterocycles. The number of halogens is 3. The summed E-state index contributed by atoms with van der Waals surface area (Å²) in [6.45, 7) is 1.82. The molecule has 0 aliphatic heterocycles. The van der Waals surface area contributed by atoms with Gasteiger partial charge in [-0.2, -0.15) is 13.2 Å². The van der Waals surface area contributed by atoms with Crippen LogP contribution in [0.15, 0.2) is 42.5 Å². The molecule has 0 atom stereocenters. The number of benzene rings is 2.